The minimum atomic E-state index is 0.0374. The van der Waals surface area contributed by atoms with Gasteiger partial charge in [-0.3, -0.25) is 0 Å². The molecule has 2 aliphatic heterocycles. The van der Waals surface area contributed by atoms with Crippen LogP contribution in [0.2, 0.25) is 0 Å². The molecule has 1 spiro atoms. The maximum Gasteiger partial charge on any atom is 0.121 e. The van der Waals surface area contributed by atoms with Gasteiger partial charge in [-0.15, -0.1) is 0 Å². The topological polar surface area (TPSA) is 59.2 Å². The number of aromatic nitrogens is 2. The molecule has 0 unspecified atom stereocenters. The van der Waals surface area contributed by atoms with E-state index in [4.69, 9.17) is 14.5 Å². The predicted octanol–water partition coefficient (Wildman–Crippen LogP) is 3.00. The Hall–Kier alpha value is -1.43. The first-order valence-electron chi connectivity index (χ1n) is 9.05. The Morgan fingerprint density at radius 3 is 2.92 bits per heavy atom. The van der Waals surface area contributed by atoms with Gasteiger partial charge in [-0.25, -0.2) is 4.98 Å². The third-order valence-corrected chi connectivity index (χ3v) is 5.68. The monoisotopic (exact) mass is 329 g/mol. The molecule has 5 heteroatoms. The SMILES string of the molecule is Cc1ccc2[nH]c(CN[C@@H]3CCOC4(CCOCC4)C3)nc2c1C. The van der Waals surface area contributed by atoms with E-state index in [1.165, 1.54) is 11.1 Å². The van der Waals surface area contributed by atoms with Gasteiger partial charge in [0, 0.05) is 25.9 Å². The van der Waals surface area contributed by atoms with E-state index in [-0.39, 0.29) is 5.60 Å². The molecule has 0 amide bonds. The normalized spacial score (nSPS) is 23.8. The molecule has 1 atom stereocenters. The zero-order valence-electron chi connectivity index (χ0n) is 14.7. The summed E-state index contributed by atoms with van der Waals surface area (Å²) in [6.45, 7) is 7.56. The summed E-state index contributed by atoms with van der Waals surface area (Å²) >= 11 is 0. The van der Waals surface area contributed by atoms with Crippen molar-refractivity contribution in [3.63, 3.8) is 0 Å². The minimum absolute atomic E-state index is 0.0374. The fourth-order valence-electron chi connectivity index (χ4n) is 3.98. The van der Waals surface area contributed by atoms with Crippen LogP contribution in [-0.2, 0) is 16.0 Å². The van der Waals surface area contributed by atoms with Crippen molar-refractivity contribution in [2.45, 2.75) is 57.7 Å². The lowest BCUT2D eigenvalue weighted by atomic mass is 9.84. The number of hydrogen-bond donors (Lipinski definition) is 2. The van der Waals surface area contributed by atoms with E-state index in [9.17, 15) is 0 Å². The highest BCUT2D eigenvalue weighted by Gasteiger charge is 2.38. The summed E-state index contributed by atoms with van der Waals surface area (Å²) in [5.41, 5.74) is 4.82. The highest BCUT2D eigenvalue weighted by Crippen LogP contribution is 2.34. The van der Waals surface area contributed by atoms with Gasteiger partial charge in [0.25, 0.3) is 0 Å². The average molecular weight is 329 g/mol. The number of aromatic amines is 1. The molecule has 2 fully saturated rings. The molecule has 2 N–H and O–H groups in total. The van der Waals surface area contributed by atoms with E-state index in [0.717, 1.165) is 68.9 Å². The maximum absolute atomic E-state index is 6.12. The first kappa shape index (κ1) is 16.1. The van der Waals surface area contributed by atoms with E-state index < -0.39 is 0 Å². The van der Waals surface area contributed by atoms with Crippen molar-refractivity contribution < 1.29 is 9.47 Å². The zero-order chi connectivity index (χ0) is 16.6. The van der Waals surface area contributed by atoms with E-state index in [1.54, 1.807) is 0 Å². The quantitative estimate of drug-likeness (QED) is 0.909. The molecule has 1 aromatic carbocycles. The van der Waals surface area contributed by atoms with Gasteiger partial charge in [-0.05, 0) is 56.7 Å². The second-order valence-electron chi connectivity index (χ2n) is 7.30. The summed E-state index contributed by atoms with van der Waals surface area (Å²) in [7, 11) is 0. The molecule has 0 saturated carbocycles. The van der Waals surface area contributed by atoms with E-state index in [2.05, 4.69) is 36.3 Å². The lowest BCUT2D eigenvalue weighted by Gasteiger charge is -2.43. The van der Waals surface area contributed by atoms with Crippen LogP contribution in [0.1, 0.15) is 42.6 Å². The fraction of sp³-hybridized carbons (Fsp3) is 0.632. The van der Waals surface area contributed by atoms with Gasteiger partial charge < -0.3 is 19.8 Å². The van der Waals surface area contributed by atoms with Gasteiger partial charge in [0.2, 0.25) is 0 Å². The van der Waals surface area contributed by atoms with E-state index >= 15 is 0 Å². The Morgan fingerprint density at radius 1 is 1.25 bits per heavy atom. The van der Waals surface area contributed by atoms with Crippen LogP contribution in [0, 0.1) is 13.8 Å². The third-order valence-electron chi connectivity index (χ3n) is 5.68. The van der Waals surface area contributed by atoms with Crippen LogP contribution < -0.4 is 5.32 Å². The fourth-order valence-corrected chi connectivity index (χ4v) is 3.98. The maximum atomic E-state index is 6.12. The highest BCUT2D eigenvalue weighted by atomic mass is 16.5. The zero-order valence-corrected chi connectivity index (χ0v) is 14.7. The number of aryl methyl sites for hydroxylation is 2. The van der Waals surface area contributed by atoms with Crippen molar-refractivity contribution in [1.29, 1.82) is 0 Å². The number of hydrogen-bond acceptors (Lipinski definition) is 4. The number of ether oxygens (including phenoxy) is 2. The first-order valence-corrected chi connectivity index (χ1v) is 9.05. The molecule has 1 aromatic heterocycles. The molecule has 2 aromatic rings. The van der Waals surface area contributed by atoms with Gasteiger partial charge in [0.05, 0.1) is 23.2 Å². The number of nitrogens with one attached hydrogen (secondary N) is 2. The Bertz CT molecular complexity index is 713. The van der Waals surface area contributed by atoms with Crippen LogP contribution >= 0.6 is 0 Å². The summed E-state index contributed by atoms with van der Waals surface area (Å²) in [4.78, 5) is 8.24. The first-order chi connectivity index (χ1) is 11.7. The van der Waals surface area contributed by atoms with Crippen LogP contribution in [0.15, 0.2) is 12.1 Å². The van der Waals surface area contributed by atoms with Crippen molar-refractivity contribution >= 4 is 11.0 Å². The number of rotatable bonds is 3. The van der Waals surface area contributed by atoms with Gasteiger partial charge in [-0.2, -0.15) is 0 Å². The second kappa shape index (κ2) is 6.47. The summed E-state index contributed by atoms with van der Waals surface area (Å²) in [6, 6.07) is 4.77. The predicted molar refractivity (Wildman–Crippen MR) is 94.2 cm³/mol. The van der Waals surface area contributed by atoms with Crippen LogP contribution in [0.4, 0.5) is 0 Å². The molecule has 130 valence electrons. The number of imidazole rings is 1. The Morgan fingerprint density at radius 2 is 2.08 bits per heavy atom. The molecule has 3 heterocycles. The summed E-state index contributed by atoms with van der Waals surface area (Å²) in [5.74, 6) is 1.02. The third kappa shape index (κ3) is 3.08. The van der Waals surface area contributed by atoms with Gasteiger partial charge in [-0.1, -0.05) is 6.07 Å². The van der Waals surface area contributed by atoms with E-state index in [1.807, 2.05) is 0 Å². The van der Waals surface area contributed by atoms with Crippen molar-refractivity contribution in [3.8, 4) is 0 Å². The second-order valence-corrected chi connectivity index (χ2v) is 7.30. The molecule has 24 heavy (non-hydrogen) atoms. The molecule has 0 radical (unpaired) electrons. The smallest absolute Gasteiger partial charge is 0.121 e. The molecule has 4 rings (SSSR count). The number of benzene rings is 1. The Balaban J connectivity index is 1.42. The highest BCUT2D eigenvalue weighted by molar-refractivity contribution is 5.79. The lowest BCUT2D eigenvalue weighted by Crippen LogP contribution is -2.49. The van der Waals surface area contributed by atoms with Crippen molar-refractivity contribution in [2.75, 3.05) is 19.8 Å². The summed E-state index contributed by atoms with van der Waals surface area (Å²) in [6.07, 6.45) is 4.19. The Labute approximate surface area is 143 Å². The number of fused-ring (bicyclic) bond motifs is 1. The number of nitrogens with zero attached hydrogens (tertiary/aromatic N) is 1. The average Bonchev–Trinajstić information content (AvgIpc) is 3.01. The Kier molecular flexibility index (Phi) is 4.33. The van der Waals surface area contributed by atoms with Gasteiger partial charge >= 0.3 is 0 Å². The number of H-pyrrole nitrogens is 1. The van der Waals surface area contributed by atoms with Crippen molar-refractivity contribution in [3.05, 3.63) is 29.1 Å². The molecule has 0 aliphatic carbocycles. The van der Waals surface area contributed by atoms with E-state index in [0.29, 0.717) is 6.04 Å². The van der Waals surface area contributed by atoms with Crippen molar-refractivity contribution in [2.24, 2.45) is 0 Å². The summed E-state index contributed by atoms with van der Waals surface area (Å²) < 4.78 is 11.6. The molecule has 2 saturated heterocycles. The van der Waals surface area contributed by atoms with Crippen LogP contribution in [0.5, 0.6) is 0 Å². The standard InChI is InChI=1S/C19H27N3O2/c1-13-3-4-16-18(14(13)2)22-17(21-16)12-20-15-5-8-24-19(11-15)6-9-23-10-7-19/h3-4,15,20H,5-12H2,1-2H3,(H,21,22)/t15-/m1/s1. The van der Waals surface area contributed by atoms with Crippen LogP contribution in [-0.4, -0.2) is 41.4 Å². The largest absolute Gasteiger partial charge is 0.381 e. The molecular weight excluding hydrogens is 302 g/mol. The molecule has 5 nitrogen and oxygen atoms in total. The molecular formula is C19H27N3O2. The van der Waals surface area contributed by atoms with Crippen molar-refractivity contribution in [1.82, 2.24) is 15.3 Å². The van der Waals surface area contributed by atoms with Crippen LogP contribution in [0.3, 0.4) is 0 Å². The molecule has 2 aliphatic rings. The van der Waals surface area contributed by atoms with Crippen LogP contribution in [0.25, 0.3) is 11.0 Å². The minimum Gasteiger partial charge on any atom is -0.381 e. The van der Waals surface area contributed by atoms with Gasteiger partial charge in [0.15, 0.2) is 0 Å². The summed E-state index contributed by atoms with van der Waals surface area (Å²) in [5, 5.41) is 3.69. The molecule has 0 bridgehead atoms. The lowest BCUT2D eigenvalue weighted by molar-refractivity contribution is -0.140. The van der Waals surface area contributed by atoms with Gasteiger partial charge in [0.1, 0.15) is 5.82 Å².